The molecule has 0 fully saturated rings. The number of hydrogen-bond acceptors (Lipinski definition) is 2. The maximum atomic E-state index is 11.5. The number of nitrogen functional groups attached to an aromatic ring is 1. The van der Waals surface area contributed by atoms with Crippen LogP contribution in [0.25, 0.3) is 0 Å². The van der Waals surface area contributed by atoms with Crippen molar-refractivity contribution in [3.05, 3.63) is 29.3 Å². The number of rotatable bonds is 0. The van der Waals surface area contributed by atoms with Gasteiger partial charge in [-0.15, -0.1) is 0 Å². The molecule has 0 heterocycles. The van der Waals surface area contributed by atoms with Crippen molar-refractivity contribution in [2.75, 3.05) is 5.73 Å². The molecular weight excluding hydrogens is 162 g/mol. The van der Waals surface area contributed by atoms with E-state index in [4.69, 9.17) is 5.73 Å². The monoisotopic (exact) mass is 175 g/mol. The minimum atomic E-state index is 0.236. The Bertz CT molecular complexity index is 357. The van der Waals surface area contributed by atoms with Gasteiger partial charge in [-0.2, -0.15) is 0 Å². The predicted molar refractivity (Wildman–Crippen MR) is 52.8 cm³/mol. The van der Waals surface area contributed by atoms with Gasteiger partial charge in [0.25, 0.3) is 0 Å². The number of ketones is 1. The van der Waals surface area contributed by atoms with E-state index in [2.05, 4.69) is 6.92 Å². The zero-order valence-electron chi connectivity index (χ0n) is 7.71. The summed E-state index contributed by atoms with van der Waals surface area (Å²) in [6.45, 7) is 2.13. The first-order chi connectivity index (χ1) is 6.20. The highest BCUT2D eigenvalue weighted by Crippen LogP contribution is 2.34. The van der Waals surface area contributed by atoms with Crippen LogP contribution < -0.4 is 5.73 Å². The first-order valence-corrected chi connectivity index (χ1v) is 4.61. The number of hydrogen-bond donors (Lipinski definition) is 1. The molecule has 1 aromatic rings. The van der Waals surface area contributed by atoms with Crippen molar-refractivity contribution in [1.82, 2.24) is 0 Å². The lowest BCUT2D eigenvalue weighted by atomic mass is 9.82. The lowest BCUT2D eigenvalue weighted by Crippen LogP contribution is -2.15. The number of carbonyl (C=O) groups excluding carboxylic acids is 1. The maximum Gasteiger partial charge on any atom is 0.163 e. The summed E-state index contributed by atoms with van der Waals surface area (Å²) in [5.41, 5.74) is 8.49. The minimum Gasteiger partial charge on any atom is -0.398 e. The van der Waals surface area contributed by atoms with Gasteiger partial charge in [-0.25, -0.2) is 0 Å². The van der Waals surface area contributed by atoms with Crippen molar-refractivity contribution in [1.29, 1.82) is 0 Å². The molecule has 0 saturated heterocycles. The summed E-state index contributed by atoms with van der Waals surface area (Å²) < 4.78 is 0. The quantitative estimate of drug-likeness (QED) is 0.615. The Labute approximate surface area is 77.8 Å². The van der Waals surface area contributed by atoms with E-state index in [0.29, 0.717) is 12.3 Å². The third-order valence-electron chi connectivity index (χ3n) is 2.74. The van der Waals surface area contributed by atoms with Gasteiger partial charge in [0.05, 0.1) is 0 Å². The molecule has 0 amide bonds. The molecule has 1 aromatic carbocycles. The van der Waals surface area contributed by atoms with Gasteiger partial charge in [0.2, 0.25) is 0 Å². The van der Waals surface area contributed by atoms with Gasteiger partial charge >= 0.3 is 0 Å². The Morgan fingerprint density at radius 1 is 1.46 bits per heavy atom. The predicted octanol–water partition coefficient (Wildman–Crippen LogP) is 2.35. The highest BCUT2D eigenvalue weighted by molar-refractivity contribution is 6.00. The molecule has 1 aliphatic carbocycles. The van der Waals surface area contributed by atoms with Gasteiger partial charge < -0.3 is 5.73 Å². The van der Waals surface area contributed by atoms with Gasteiger partial charge in [0.15, 0.2) is 5.78 Å². The van der Waals surface area contributed by atoms with Crippen LogP contribution in [0, 0.1) is 0 Å². The minimum absolute atomic E-state index is 0.236. The third kappa shape index (κ3) is 1.22. The number of benzene rings is 1. The lowest BCUT2D eigenvalue weighted by Gasteiger charge is -2.22. The van der Waals surface area contributed by atoms with Crippen LogP contribution in [0.5, 0.6) is 0 Å². The summed E-state index contributed by atoms with van der Waals surface area (Å²) in [7, 11) is 0. The van der Waals surface area contributed by atoms with Gasteiger partial charge in [-0.05, 0) is 24.0 Å². The smallest absolute Gasteiger partial charge is 0.163 e. The third-order valence-corrected chi connectivity index (χ3v) is 2.74. The van der Waals surface area contributed by atoms with E-state index in [1.807, 2.05) is 18.2 Å². The Morgan fingerprint density at radius 2 is 2.23 bits per heavy atom. The van der Waals surface area contributed by atoms with Crippen LogP contribution in [0.3, 0.4) is 0 Å². The molecule has 0 aliphatic heterocycles. The molecule has 0 radical (unpaired) electrons. The van der Waals surface area contributed by atoms with Crippen LogP contribution in [0.1, 0.15) is 41.6 Å². The summed E-state index contributed by atoms with van der Waals surface area (Å²) in [6, 6.07) is 5.60. The molecule has 2 heteroatoms. The van der Waals surface area contributed by atoms with E-state index in [1.165, 1.54) is 0 Å². The second-order valence-corrected chi connectivity index (χ2v) is 3.67. The van der Waals surface area contributed by atoms with E-state index in [0.717, 1.165) is 23.2 Å². The SMILES string of the molecule is CC1CCC(=O)c2cccc(N)c21. The highest BCUT2D eigenvalue weighted by Gasteiger charge is 2.23. The zero-order chi connectivity index (χ0) is 9.42. The molecule has 2 rings (SSSR count). The molecule has 13 heavy (non-hydrogen) atoms. The Morgan fingerprint density at radius 3 is 2.92 bits per heavy atom. The van der Waals surface area contributed by atoms with Crippen molar-refractivity contribution < 1.29 is 4.79 Å². The van der Waals surface area contributed by atoms with E-state index in [-0.39, 0.29) is 5.78 Å². The second kappa shape index (κ2) is 2.87. The molecule has 1 atom stereocenters. The summed E-state index contributed by atoms with van der Waals surface area (Å²) in [4.78, 5) is 11.5. The molecule has 1 unspecified atom stereocenters. The Kier molecular flexibility index (Phi) is 1.83. The van der Waals surface area contributed by atoms with Crippen LogP contribution >= 0.6 is 0 Å². The fourth-order valence-electron chi connectivity index (χ4n) is 2.00. The van der Waals surface area contributed by atoms with Crippen LogP contribution in [0.4, 0.5) is 5.69 Å². The number of Topliss-reactive ketones (excluding diaryl/α,β-unsaturated/α-hetero) is 1. The molecular formula is C11H13NO. The second-order valence-electron chi connectivity index (χ2n) is 3.67. The lowest BCUT2D eigenvalue weighted by molar-refractivity contribution is 0.0968. The van der Waals surface area contributed by atoms with Gasteiger partial charge in [-0.1, -0.05) is 19.1 Å². The number of nitrogens with two attached hydrogens (primary N) is 1. The van der Waals surface area contributed by atoms with Gasteiger partial charge in [0.1, 0.15) is 0 Å². The maximum absolute atomic E-state index is 11.5. The van der Waals surface area contributed by atoms with Crippen LogP contribution in [-0.4, -0.2) is 5.78 Å². The zero-order valence-corrected chi connectivity index (χ0v) is 7.71. The topological polar surface area (TPSA) is 43.1 Å². The highest BCUT2D eigenvalue weighted by atomic mass is 16.1. The number of fused-ring (bicyclic) bond motifs is 1. The average molecular weight is 175 g/mol. The average Bonchev–Trinajstić information content (AvgIpc) is 2.12. The Balaban J connectivity index is 2.63. The van der Waals surface area contributed by atoms with E-state index < -0.39 is 0 Å². The molecule has 2 nitrogen and oxygen atoms in total. The number of anilines is 1. The van der Waals surface area contributed by atoms with Crippen molar-refractivity contribution in [3.8, 4) is 0 Å². The molecule has 68 valence electrons. The van der Waals surface area contributed by atoms with Crippen molar-refractivity contribution in [2.24, 2.45) is 0 Å². The van der Waals surface area contributed by atoms with Crippen molar-refractivity contribution >= 4 is 11.5 Å². The largest absolute Gasteiger partial charge is 0.398 e. The van der Waals surface area contributed by atoms with E-state index in [9.17, 15) is 4.79 Å². The summed E-state index contributed by atoms with van der Waals surface area (Å²) in [6.07, 6.45) is 1.59. The molecule has 0 aromatic heterocycles. The summed E-state index contributed by atoms with van der Waals surface area (Å²) in [5.74, 6) is 0.661. The van der Waals surface area contributed by atoms with Gasteiger partial charge in [-0.3, -0.25) is 4.79 Å². The molecule has 0 bridgehead atoms. The Hall–Kier alpha value is -1.31. The van der Waals surface area contributed by atoms with Crippen LogP contribution in [-0.2, 0) is 0 Å². The molecule has 0 saturated carbocycles. The number of carbonyl (C=O) groups is 1. The normalized spacial score (nSPS) is 21.3. The fraction of sp³-hybridized carbons (Fsp3) is 0.364. The van der Waals surface area contributed by atoms with Gasteiger partial charge in [0, 0.05) is 17.7 Å². The van der Waals surface area contributed by atoms with Crippen molar-refractivity contribution in [2.45, 2.75) is 25.7 Å². The van der Waals surface area contributed by atoms with Crippen LogP contribution in [0.15, 0.2) is 18.2 Å². The molecule has 1 aliphatic rings. The van der Waals surface area contributed by atoms with E-state index in [1.54, 1.807) is 0 Å². The van der Waals surface area contributed by atoms with E-state index >= 15 is 0 Å². The van der Waals surface area contributed by atoms with Crippen molar-refractivity contribution in [3.63, 3.8) is 0 Å². The first kappa shape index (κ1) is 8.30. The molecule has 2 N–H and O–H groups in total. The first-order valence-electron chi connectivity index (χ1n) is 4.61. The van der Waals surface area contributed by atoms with Crippen LogP contribution in [0.2, 0.25) is 0 Å². The molecule has 0 spiro atoms. The standard InChI is InChI=1S/C11H13NO/c1-7-5-6-10(13)8-3-2-4-9(12)11(7)8/h2-4,7H,5-6,12H2,1H3. The fourth-order valence-corrected chi connectivity index (χ4v) is 2.00. The summed E-state index contributed by atoms with van der Waals surface area (Å²) in [5, 5.41) is 0. The summed E-state index contributed by atoms with van der Waals surface area (Å²) >= 11 is 0.